The van der Waals surface area contributed by atoms with Crippen molar-refractivity contribution in [3.05, 3.63) is 77.2 Å². The first-order valence-corrected chi connectivity index (χ1v) is 16.2. The molecule has 4 N–H and O–H groups in total. The summed E-state index contributed by atoms with van der Waals surface area (Å²) in [6.07, 6.45) is 8.09. The minimum Gasteiger partial charge on any atom is -0.354 e. The second-order valence-corrected chi connectivity index (χ2v) is 12.1. The molecule has 0 spiro atoms. The zero-order chi connectivity index (χ0) is 29.3. The van der Waals surface area contributed by atoms with Gasteiger partial charge in [0.25, 0.3) is 0 Å². The first-order chi connectivity index (χ1) is 21.2. The average molecular weight is 582 g/mol. The maximum absolute atomic E-state index is 4.87. The molecule has 2 fully saturated rings. The van der Waals surface area contributed by atoms with Crippen LogP contribution in [-0.4, -0.2) is 70.1 Å². The Hall–Kier alpha value is -3.53. The minimum atomic E-state index is 0.687. The van der Waals surface area contributed by atoms with Gasteiger partial charge in [-0.05, 0) is 62.5 Å². The van der Waals surface area contributed by atoms with Crippen molar-refractivity contribution in [1.29, 1.82) is 0 Å². The van der Waals surface area contributed by atoms with Gasteiger partial charge in [-0.2, -0.15) is 4.98 Å². The summed E-state index contributed by atoms with van der Waals surface area (Å²) in [6, 6.07) is 19.9. The van der Waals surface area contributed by atoms with E-state index in [1.54, 1.807) is 0 Å². The van der Waals surface area contributed by atoms with Gasteiger partial charge in [-0.25, -0.2) is 9.97 Å². The first kappa shape index (κ1) is 29.5. The molecule has 6 rings (SSSR count). The summed E-state index contributed by atoms with van der Waals surface area (Å²) in [4.78, 5) is 22.6. The van der Waals surface area contributed by atoms with E-state index in [0.717, 1.165) is 86.8 Å². The number of nitrogens with zero attached hydrogens (tertiary/aromatic N) is 5. The molecule has 0 amide bonds. The van der Waals surface area contributed by atoms with E-state index >= 15 is 0 Å². The van der Waals surface area contributed by atoms with Gasteiger partial charge in [0.15, 0.2) is 0 Å². The molecule has 9 nitrogen and oxygen atoms in total. The number of anilines is 2. The number of fused-ring (bicyclic) bond motifs is 1. The van der Waals surface area contributed by atoms with Crippen LogP contribution in [0.5, 0.6) is 0 Å². The summed E-state index contributed by atoms with van der Waals surface area (Å²) in [7, 11) is 0. The molecule has 1 aliphatic carbocycles. The maximum Gasteiger partial charge on any atom is 0.225 e. The van der Waals surface area contributed by atoms with Crippen LogP contribution in [0.2, 0.25) is 0 Å². The number of aryl methyl sites for hydroxylation is 1. The Morgan fingerprint density at radius 3 is 2.40 bits per heavy atom. The van der Waals surface area contributed by atoms with Gasteiger partial charge in [-0.15, -0.1) is 0 Å². The van der Waals surface area contributed by atoms with Crippen LogP contribution in [0.3, 0.4) is 0 Å². The lowest BCUT2D eigenvalue weighted by Crippen LogP contribution is -2.46. The van der Waals surface area contributed by atoms with Crippen molar-refractivity contribution in [3.8, 4) is 0 Å². The SMILES string of the molecule is Cc1cc(N2CCN(Cc3nc4ccccc4[nH]3)CC2)nc(NCc2ccc(CNCCCNC3CCCCC3)cc2)n1. The zero-order valence-corrected chi connectivity index (χ0v) is 25.6. The molecule has 0 atom stereocenters. The average Bonchev–Trinajstić information content (AvgIpc) is 3.45. The third-order valence-corrected chi connectivity index (χ3v) is 8.72. The number of para-hydroxylation sites is 2. The summed E-state index contributed by atoms with van der Waals surface area (Å²) in [5.74, 6) is 2.71. The molecule has 4 aromatic rings. The van der Waals surface area contributed by atoms with Crippen molar-refractivity contribution in [2.45, 2.75) is 71.1 Å². The molecule has 1 aliphatic heterocycles. The standard InChI is InChI=1S/C34H47N9/c1-26-22-33(43-20-18-42(19-21-43)25-32-39-30-10-5-6-11-31(30)40-32)41-34(38-26)37-24-28-14-12-27(13-15-28)23-35-16-7-17-36-29-8-3-2-4-9-29/h5-6,10-15,22,29,35-36H,2-4,7-9,16-21,23-25H2,1H3,(H,39,40)(H,37,38,41). The number of benzene rings is 2. The Morgan fingerprint density at radius 1 is 0.837 bits per heavy atom. The molecular weight excluding hydrogens is 534 g/mol. The van der Waals surface area contributed by atoms with Crippen molar-refractivity contribution in [2.75, 3.05) is 49.5 Å². The fourth-order valence-electron chi connectivity index (χ4n) is 6.24. The minimum absolute atomic E-state index is 0.687. The number of piperazine rings is 1. The lowest BCUT2D eigenvalue weighted by Gasteiger charge is -2.35. The van der Waals surface area contributed by atoms with Gasteiger partial charge >= 0.3 is 0 Å². The zero-order valence-electron chi connectivity index (χ0n) is 25.6. The van der Waals surface area contributed by atoms with Crippen molar-refractivity contribution in [3.63, 3.8) is 0 Å². The van der Waals surface area contributed by atoms with Crippen LogP contribution in [0, 0.1) is 6.92 Å². The van der Waals surface area contributed by atoms with E-state index in [1.165, 1.54) is 49.7 Å². The summed E-state index contributed by atoms with van der Waals surface area (Å²) < 4.78 is 0. The maximum atomic E-state index is 4.87. The molecule has 2 aromatic heterocycles. The summed E-state index contributed by atoms with van der Waals surface area (Å²) in [5, 5.41) is 10.8. The van der Waals surface area contributed by atoms with Crippen LogP contribution in [0.15, 0.2) is 54.6 Å². The van der Waals surface area contributed by atoms with Gasteiger partial charge in [0.05, 0.1) is 17.6 Å². The number of hydrogen-bond donors (Lipinski definition) is 4. The number of nitrogens with one attached hydrogen (secondary N) is 4. The Kier molecular flexibility index (Phi) is 10.1. The van der Waals surface area contributed by atoms with Crippen LogP contribution in [0.25, 0.3) is 11.0 Å². The molecule has 0 bridgehead atoms. The molecule has 2 aromatic carbocycles. The lowest BCUT2D eigenvalue weighted by molar-refractivity contribution is 0.244. The van der Waals surface area contributed by atoms with Crippen LogP contribution in [0.1, 0.15) is 61.2 Å². The fraction of sp³-hybridized carbons (Fsp3) is 0.500. The number of aromatic nitrogens is 4. The van der Waals surface area contributed by atoms with E-state index in [0.29, 0.717) is 12.5 Å². The van der Waals surface area contributed by atoms with Gasteiger partial charge in [-0.1, -0.05) is 55.7 Å². The Bertz CT molecular complexity index is 1390. The number of aromatic amines is 1. The molecule has 43 heavy (non-hydrogen) atoms. The molecule has 1 saturated heterocycles. The largest absolute Gasteiger partial charge is 0.354 e. The normalized spacial score (nSPS) is 16.6. The summed E-state index contributed by atoms with van der Waals surface area (Å²) in [5.41, 5.74) is 5.66. The molecule has 0 unspecified atom stereocenters. The monoisotopic (exact) mass is 581 g/mol. The Morgan fingerprint density at radius 2 is 1.60 bits per heavy atom. The van der Waals surface area contributed by atoms with E-state index in [9.17, 15) is 0 Å². The van der Waals surface area contributed by atoms with E-state index in [1.807, 2.05) is 19.1 Å². The van der Waals surface area contributed by atoms with E-state index < -0.39 is 0 Å². The van der Waals surface area contributed by atoms with Crippen molar-refractivity contribution in [1.82, 2.24) is 35.5 Å². The summed E-state index contributed by atoms with van der Waals surface area (Å²) in [6.45, 7) is 10.5. The Balaban J connectivity index is 0.918. The highest BCUT2D eigenvalue weighted by Crippen LogP contribution is 2.20. The van der Waals surface area contributed by atoms with E-state index in [2.05, 4.69) is 78.2 Å². The van der Waals surface area contributed by atoms with Gasteiger partial charge < -0.3 is 25.8 Å². The topological polar surface area (TPSA) is 97.0 Å². The predicted molar refractivity (Wildman–Crippen MR) is 175 cm³/mol. The van der Waals surface area contributed by atoms with Crippen LogP contribution >= 0.6 is 0 Å². The smallest absolute Gasteiger partial charge is 0.225 e. The van der Waals surface area contributed by atoms with Crippen molar-refractivity contribution in [2.24, 2.45) is 0 Å². The van der Waals surface area contributed by atoms with Crippen molar-refractivity contribution < 1.29 is 0 Å². The second kappa shape index (κ2) is 14.8. The van der Waals surface area contributed by atoms with Gasteiger partial charge in [0, 0.05) is 57.1 Å². The lowest BCUT2D eigenvalue weighted by atomic mass is 9.95. The molecule has 9 heteroatoms. The van der Waals surface area contributed by atoms with Gasteiger partial charge in [0.2, 0.25) is 5.95 Å². The molecule has 0 radical (unpaired) electrons. The number of rotatable bonds is 13. The first-order valence-electron chi connectivity index (χ1n) is 16.2. The van der Waals surface area contributed by atoms with Gasteiger partial charge in [0.1, 0.15) is 11.6 Å². The van der Waals surface area contributed by atoms with E-state index in [-0.39, 0.29) is 0 Å². The molecule has 3 heterocycles. The highest BCUT2D eigenvalue weighted by atomic mass is 15.3. The highest BCUT2D eigenvalue weighted by Gasteiger charge is 2.20. The number of imidazole rings is 1. The van der Waals surface area contributed by atoms with Crippen molar-refractivity contribution >= 4 is 22.8 Å². The quantitative estimate of drug-likeness (QED) is 0.164. The number of H-pyrrole nitrogens is 1. The molecule has 1 saturated carbocycles. The fourth-order valence-corrected chi connectivity index (χ4v) is 6.24. The number of hydrogen-bond acceptors (Lipinski definition) is 8. The van der Waals surface area contributed by atoms with Gasteiger partial charge in [-0.3, -0.25) is 4.90 Å². The Labute approximate surface area is 255 Å². The summed E-state index contributed by atoms with van der Waals surface area (Å²) >= 11 is 0. The van der Waals surface area contributed by atoms with Crippen LogP contribution in [-0.2, 0) is 19.6 Å². The molecular formula is C34H47N9. The molecule has 228 valence electrons. The predicted octanol–water partition coefficient (Wildman–Crippen LogP) is 5.00. The third kappa shape index (κ3) is 8.53. The van der Waals surface area contributed by atoms with Crippen LogP contribution in [0.4, 0.5) is 11.8 Å². The molecule has 2 aliphatic rings. The second-order valence-electron chi connectivity index (χ2n) is 12.1. The highest BCUT2D eigenvalue weighted by molar-refractivity contribution is 5.74. The third-order valence-electron chi connectivity index (χ3n) is 8.72. The van der Waals surface area contributed by atoms with Crippen LogP contribution < -0.4 is 20.9 Å². The van der Waals surface area contributed by atoms with E-state index in [4.69, 9.17) is 9.97 Å².